The molecule has 0 aliphatic heterocycles. The lowest BCUT2D eigenvalue weighted by molar-refractivity contribution is 0.705. The summed E-state index contributed by atoms with van der Waals surface area (Å²) in [4.78, 5) is 7.88. The molecule has 0 amide bonds. The van der Waals surface area contributed by atoms with Crippen molar-refractivity contribution >= 4 is 50.9 Å². The van der Waals surface area contributed by atoms with E-state index in [1.54, 1.807) is 11.3 Å². The Labute approximate surface area is 198 Å². The zero-order valence-corrected chi connectivity index (χ0v) is 19.3. The van der Waals surface area contributed by atoms with Crippen LogP contribution in [0.3, 0.4) is 0 Å². The smallest absolute Gasteiger partial charge is 0.0859 e. The van der Waals surface area contributed by atoms with Gasteiger partial charge in [-0.05, 0) is 61.8 Å². The summed E-state index contributed by atoms with van der Waals surface area (Å²) in [7, 11) is 2.00. The van der Waals surface area contributed by atoms with Crippen LogP contribution >= 0.6 is 11.3 Å². The van der Waals surface area contributed by atoms with Crippen molar-refractivity contribution in [3.8, 4) is 0 Å². The van der Waals surface area contributed by atoms with E-state index in [9.17, 15) is 0 Å². The number of anilines is 3. The van der Waals surface area contributed by atoms with Gasteiger partial charge < -0.3 is 10.2 Å². The van der Waals surface area contributed by atoms with E-state index in [1.165, 1.54) is 15.1 Å². The molecule has 4 heteroatoms. The number of para-hydroxylation sites is 2. The summed E-state index contributed by atoms with van der Waals surface area (Å²) in [6.07, 6.45) is 0. The molecule has 0 spiro atoms. The molecular formula is C29H25N3S. The molecule has 5 aromatic rings. The van der Waals surface area contributed by atoms with Crippen molar-refractivity contribution in [3.05, 3.63) is 120 Å². The molecule has 0 bridgehead atoms. The highest BCUT2D eigenvalue weighted by Gasteiger charge is 2.22. The summed E-state index contributed by atoms with van der Waals surface area (Å²) in [5.41, 5.74) is 5.50. The van der Waals surface area contributed by atoms with Crippen molar-refractivity contribution in [2.24, 2.45) is 4.99 Å². The largest absolute Gasteiger partial charge is 0.310 e. The fourth-order valence-electron chi connectivity index (χ4n) is 4.30. The normalized spacial score (nSPS) is 11.9. The van der Waals surface area contributed by atoms with Crippen molar-refractivity contribution < 1.29 is 0 Å². The van der Waals surface area contributed by atoms with Crippen LogP contribution in [0.5, 0.6) is 0 Å². The second-order valence-electron chi connectivity index (χ2n) is 7.79. The molecule has 4 aromatic carbocycles. The molecule has 5 rings (SSSR count). The minimum absolute atomic E-state index is 0.0104. The summed E-state index contributed by atoms with van der Waals surface area (Å²) in [5, 5.41) is 4.67. The Morgan fingerprint density at radius 2 is 1.36 bits per heavy atom. The van der Waals surface area contributed by atoms with Crippen LogP contribution in [0, 0.1) is 0 Å². The number of hydrogen-bond donors (Lipinski definition) is 1. The van der Waals surface area contributed by atoms with Gasteiger partial charge in [0.25, 0.3) is 0 Å². The van der Waals surface area contributed by atoms with Crippen molar-refractivity contribution in [3.63, 3.8) is 0 Å². The van der Waals surface area contributed by atoms with Crippen LogP contribution in [-0.4, -0.2) is 13.8 Å². The van der Waals surface area contributed by atoms with E-state index in [2.05, 4.69) is 119 Å². The first-order valence-electron chi connectivity index (χ1n) is 11.0. The summed E-state index contributed by atoms with van der Waals surface area (Å²) in [6.45, 7) is 3.87. The SMILES string of the molecule is C=Nc1c(C(NC)c2cccc(N(c3ccccc3)c3ccccc3)c2)sc2ccccc12. The Morgan fingerprint density at radius 1 is 0.758 bits per heavy atom. The predicted molar refractivity (Wildman–Crippen MR) is 143 cm³/mol. The number of fused-ring (bicyclic) bond motifs is 1. The van der Waals surface area contributed by atoms with E-state index < -0.39 is 0 Å². The lowest BCUT2D eigenvalue weighted by Crippen LogP contribution is -2.17. The van der Waals surface area contributed by atoms with E-state index >= 15 is 0 Å². The molecule has 1 heterocycles. The molecule has 33 heavy (non-hydrogen) atoms. The Bertz CT molecular complexity index is 1340. The monoisotopic (exact) mass is 447 g/mol. The van der Waals surface area contributed by atoms with Crippen LogP contribution in [0.4, 0.5) is 22.7 Å². The van der Waals surface area contributed by atoms with Crippen molar-refractivity contribution in [1.29, 1.82) is 0 Å². The summed E-state index contributed by atoms with van der Waals surface area (Å²) in [5.74, 6) is 0. The first-order valence-corrected chi connectivity index (χ1v) is 11.8. The van der Waals surface area contributed by atoms with Gasteiger partial charge in [-0.2, -0.15) is 0 Å². The molecule has 0 radical (unpaired) electrons. The summed E-state index contributed by atoms with van der Waals surface area (Å²) in [6, 6.07) is 38.1. The topological polar surface area (TPSA) is 27.6 Å². The van der Waals surface area contributed by atoms with Crippen LogP contribution in [-0.2, 0) is 0 Å². The molecule has 0 saturated heterocycles. The summed E-state index contributed by atoms with van der Waals surface area (Å²) >= 11 is 1.77. The quantitative estimate of drug-likeness (QED) is 0.256. The fraction of sp³-hybridized carbons (Fsp3) is 0.0690. The highest BCUT2D eigenvalue weighted by Crippen LogP contribution is 2.44. The Kier molecular flexibility index (Phi) is 6.03. The number of rotatable bonds is 7. The van der Waals surface area contributed by atoms with Gasteiger partial charge in [-0.15, -0.1) is 11.3 Å². The van der Waals surface area contributed by atoms with Gasteiger partial charge in [-0.3, -0.25) is 4.99 Å². The second-order valence-corrected chi connectivity index (χ2v) is 8.88. The highest BCUT2D eigenvalue weighted by atomic mass is 32.1. The first-order chi connectivity index (χ1) is 16.3. The molecule has 162 valence electrons. The van der Waals surface area contributed by atoms with E-state index in [0.29, 0.717) is 0 Å². The Hall–Kier alpha value is -3.73. The number of thiophene rings is 1. The Morgan fingerprint density at radius 3 is 2.00 bits per heavy atom. The average molecular weight is 448 g/mol. The number of aliphatic imine (C=N–C) groups is 1. The van der Waals surface area contributed by atoms with Gasteiger partial charge in [0.15, 0.2) is 0 Å². The van der Waals surface area contributed by atoms with Gasteiger partial charge in [-0.25, -0.2) is 0 Å². The molecule has 1 aromatic heterocycles. The maximum atomic E-state index is 4.42. The number of nitrogens with one attached hydrogen (secondary N) is 1. The van der Waals surface area contributed by atoms with Crippen molar-refractivity contribution in [2.75, 3.05) is 11.9 Å². The van der Waals surface area contributed by atoms with E-state index in [1.807, 2.05) is 19.2 Å². The van der Waals surface area contributed by atoms with Crippen LogP contribution in [0.2, 0.25) is 0 Å². The van der Waals surface area contributed by atoms with Crippen molar-refractivity contribution in [1.82, 2.24) is 5.32 Å². The summed E-state index contributed by atoms with van der Waals surface area (Å²) < 4.78 is 1.22. The highest BCUT2D eigenvalue weighted by molar-refractivity contribution is 7.19. The van der Waals surface area contributed by atoms with Crippen LogP contribution < -0.4 is 10.2 Å². The van der Waals surface area contributed by atoms with E-state index in [-0.39, 0.29) is 6.04 Å². The molecule has 0 aliphatic rings. The minimum Gasteiger partial charge on any atom is -0.310 e. The average Bonchev–Trinajstić information content (AvgIpc) is 3.24. The molecule has 0 aliphatic carbocycles. The zero-order chi connectivity index (χ0) is 22.6. The first kappa shape index (κ1) is 21.1. The van der Waals surface area contributed by atoms with Gasteiger partial charge in [0.05, 0.1) is 16.6 Å². The van der Waals surface area contributed by atoms with Gasteiger partial charge in [-0.1, -0.05) is 66.7 Å². The second kappa shape index (κ2) is 9.41. The maximum absolute atomic E-state index is 4.42. The van der Waals surface area contributed by atoms with Crippen LogP contribution in [0.25, 0.3) is 10.1 Å². The predicted octanol–water partition coefficient (Wildman–Crippen LogP) is 8.01. The van der Waals surface area contributed by atoms with E-state index in [0.717, 1.165) is 28.1 Å². The number of nitrogens with zero attached hydrogens (tertiary/aromatic N) is 2. The van der Waals surface area contributed by atoms with Gasteiger partial charge in [0.1, 0.15) is 0 Å². The molecule has 0 saturated carbocycles. The molecule has 1 unspecified atom stereocenters. The van der Waals surface area contributed by atoms with Crippen LogP contribution in [0.1, 0.15) is 16.5 Å². The molecular weight excluding hydrogens is 422 g/mol. The molecule has 3 nitrogen and oxygen atoms in total. The van der Waals surface area contributed by atoms with Gasteiger partial charge in [0.2, 0.25) is 0 Å². The molecule has 1 N–H and O–H groups in total. The van der Waals surface area contributed by atoms with Gasteiger partial charge >= 0.3 is 0 Å². The lowest BCUT2D eigenvalue weighted by Gasteiger charge is -2.27. The van der Waals surface area contributed by atoms with Crippen molar-refractivity contribution in [2.45, 2.75) is 6.04 Å². The fourth-order valence-corrected chi connectivity index (χ4v) is 5.60. The maximum Gasteiger partial charge on any atom is 0.0859 e. The standard InChI is InChI=1S/C29H25N3S/c1-30-27(29-28(31-2)25-18-9-10-19-26(25)33-29)21-12-11-17-24(20-21)32(22-13-5-3-6-14-22)23-15-7-4-8-16-23/h3-20,27,30H,2H2,1H3. The lowest BCUT2D eigenvalue weighted by atomic mass is 10.0. The number of hydrogen-bond acceptors (Lipinski definition) is 4. The molecule has 0 fully saturated rings. The van der Waals surface area contributed by atoms with E-state index in [4.69, 9.17) is 0 Å². The Balaban J connectivity index is 1.63. The minimum atomic E-state index is 0.0104. The van der Waals surface area contributed by atoms with Crippen LogP contribution in [0.15, 0.2) is 114 Å². The third-order valence-corrected chi connectivity index (χ3v) is 7.02. The third kappa shape index (κ3) is 4.07. The zero-order valence-electron chi connectivity index (χ0n) is 18.5. The molecule has 1 atom stereocenters. The third-order valence-electron chi connectivity index (χ3n) is 5.79. The number of benzene rings is 4. The van der Waals surface area contributed by atoms with Gasteiger partial charge in [0, 0.05) is 27.1 Å².